The fourth-order valence-corrected chi connectivity index (χ4v) is 2.67. The Hall–Kier alpha value is -3.08. The summed E-state index contributed by atoms with van der Waals surface area (Å²) in [5.74, 6) is 0.609. The standard InChI is InChI=1S/C20H18O5/c1-3-24-18(21)12-16-19(22)15-6-4-5-7-17(15)25-20(16)13-8-10-14(23-2)11-9-13/h4-11H,3,12H2,1-2H3. The highest BCUT2D eigenvalue weighted by Crippen LogP contribution is 2.28. The Morgan fingerprint density at radius 1 is 1.08 bits per heavy atom. The van der Waals surface area contributed by atoms with Crippen molar-refractivity contribution in [2.24, 2.45) is 0 Å². The molecule has 0 bridgehead atoms. The first kappa shape index (κ1) is 16.8. The van der Waals surface area contributed by atoms with Crippen molar-refractivity contribution in [2.45, 2.75) is 13.3 Å². The second-order valence-corrected chi connectivity index (χ2v) is 5.45. The largest absolute Gasteiger partial charge is 0.497 e. The van der Waals surface area contributed by atoms with Gasteiger partial charge in [-0.1, -0.05) is 12.1 Å². The smallest absolute Gasteiger partial charge is 0.310 e. The summed E-state index contributed by atoms with van der Waals surface area (Å²) in [4.78, 5) is 24.9. The number of para-hydroxylation sites is 1. The van der Waals surface area contributed by atoms with Crippen LogP contribution in [-0.2, 0) is 16.0 Å². The van der Waals surface area contributed by atoms with E-state index in [4.69, 9.17) is 13.9 Å². The third-order valence-corrected chi connectivity index (χ3v) is 3.87. The fraction of sp³-hybridized carbons (Fsp3) is 0.200. The van der Waals surface area contributed by atoms with Crippen LogP contribution in [0.25, 0.3) is 22.3 Å². The topological polar surface area (TPSA) is 65.7 Å². The minimum absolute atomic E-state index is 0.137. The van der Waals surface area contributed by atoms with Crippen LogP contribution >= 0.6 is 0 Å². The number of hydrogen-bond acceptors (Lipinski definition) is 5. The Bertz CT molecular complexity index is 954. The van der Waals surface area contributed by atoms with E-state index in [-0.39, 0.29) is 18.5 Å². The van der Waals surface area contributed by atoms with Crippen molar-refractivity contribution < 1.29 is 18.7 Å². The van der Waals surface area contributed by atoms with E-state index in [2.05, 4.69) is 0 Å². The summed E-state index contributed by atoms with van der Waals surface area (Å²) in [7, 11) is 1.58. The number of fused-ring (bicyclic) bond motifs is 1. The van der Waals surface area contributed by atoms with Gasteiger partial charge in [0.1, 0.15) is 17.1 Å². The van der Waals surface area contributed by atoms with Gasteiger partial charge in [0.25, 0.3) is 0 Å². The molecule has 0 atom stereocenters. The molecule has 0 N–H and O–H groups in total. The average molecular weight is 338 g/mol. The van der Waals surface area contributed by atoms with Crippen LogP contribution in [-0.4, -0.2) is 19.7 Å². The molecule has 0 amide bonds. The maximum Gasteiger partial charge on any atom is 0.310 e. The van der Waals surface area contributed by atoms with Crippen LogP contribution in [0.2, 0.25) is 0 Å². The number of esters is 1. The van der Waals surface area contributed by atoms with Gasteiger partial charge in [0.05, 0.1) is 31.1 Å². The van der Waals surface area contributed by atoms with Crippen molar-refractivity contribution in [1.82, 2.24) is 0 Å². The van der Waals surface area contributed by atoms with Gasteiger partial charge in [-0.25, -0.2) is 0 Å². The molecule has 0 fully saturated rings. The van der Waals surface area contributed by atoms with Gasteiger partial charge in [0, 0.05) is 5.56 Å². The monoisotopic (exact) mass is 338 g/mol. The lowest BCUT2D eigenvalue weighted by molar-refractivity contribution is -0.142. The second-order valence-electron chi connectivity index (χ2n) is 5.45. The number of benzene rings is 2. The van der Waals surface area contributed by atoms with E-state index in [1.54, 1.807) is 62.6 Å². The van der Waals surface area contributed by atoms with Crippen LogP contribution in [0.15, 0.2) is 57.7 Å². The Balaban J connectivity index is 2.19. The maximum atomic E-state index is 12.9. The summed E-state index contributed by atoms with van der Waals surface area (Å²) >= 11 is 0. The van der Waals surface area contributed by atoms with Gasteiger partial charge in [0.15, 0.2) is 5.43 Å². The lowest BCUT2D eigenvalue weighted by atomic mass is 10.0. The molecule has 0 unspecified atom stereocenters. The zero-order valence-electron chi connectivity index (χ0n) is 14.1. The van der Waals surface area contributed by atoms with Gasteiger partial charge in [-0.2, -0.15) is 0 Å². The summed E-state index contributed by atoms with van der Waals surface area (Å²) in [5, 5.41) is 0.444. The van der Waals surface area contributed by atoms with Crippen LogP contribution in [0.4, 0.5) is 0 Å². The molecule has 0 saturated carbocycles. The average Bonchev–Trinajstić information content (AvgIpc) is 2.64. The maximum absolute atomic E-state index is 12.9. The van der Waals surface area contributed by atoms with Gasteiger partial charge in [0.2, 0.25) is 0 Å². The first-order valence-corrected chi connectivity index (χ1v) is 7.98. The fourth-order valence-electron chi connectivity index (χ4n) is 2.67. The number of ether oxygens (including phenoxy) is 2. The Labute approximate surface area is 144 Å². The molecule has 0 saturated heterocycles. The molecular formula is C20H18O5. The molecule has 2 aromatic carbocycles. The number of carbonyl (C=O) groups excluding carboxylic acids is 1. The van der Waals surface area contributed by atoms with Crippen LogP contribution in [0.5, 0.6) is 5.75 Å². The second kappa shape index (κ2) is 7.21. The normalized spacial score (nSPS) is 10.6. The molecular weight excluding hydrogens is 320 g/mol. The van der Waals surface area contributed by atoms with Crippen molar-refractivity contribution in [3.05, 3.63) is 64.3 Å². The van der Waals surface area contributed by atoms with E-state index in [9.17, 15) is 9.59 Å². The molecule has 128 valence electrons. The number of rotatable bonds is 5. The molecule has 0 aliphatic carbocycles. The molecule has 1 heterocycles. The van der Waals surface area contributed by atoms with E-state index in [1.165, 1.54) is 0 Å². The quantitative estimate of drug-likeness (QED) is 0.665. The molecule has 0 spiro atoms. The lowest BCUT2D eigenvalue weighted by Crippen LogP contribution is -2.17. The first-order valence-electron chi connectivity index (χ1n) is 7.98. The predicted molar refractivity (Wildman–Crippen MR) is 94.8 cm³/mol. The summed E-state index contributed by atoms with van der Waals surface area (Å²) in [6.07, 6.45) is -0.137. The molecule has 3 rings (SSSR count). The summed E-state index contributed by atoms with van der Waals surface area (Å²) < 4.78 is 16.1. The number of carbonyl (C=O) groups is 1. The van der Waals surface area contributed by atoms with E-state index >= 15 is 0 Å². The Kier molecular flexibility index (Phi) is 4.84. The highest BCUT2D eigenvalue weighted by Gasteiger charge is 2.19. The van der Waals surface area contributed by atoms with Crippen molar-refractivity contribution >= 4 is 16.9 Å². The van der Waals surface area contributed by atoms with E-state index in [0.29, 0.717) is 33.6 Å². The third kappa shape index (κ3) is 3.40. The lowest BCUT2D eigenvalue weighted by Gasteiger charge is -2.10. The zero-order chi connectivity index (χ0) is 17.8. The SMILES string of the molecule is CCOC(=O)Cc1c(-c2ccc(OC)cc2)oc2ccccc2c1=O. The Morgan fingerprint density at radius 3 is 2.48 bits per heavy atom. The van der Waals surface area contributed by atoms with Crippen molar-refractivity contribution in [3.8, 4) is 17.1 Å². The van der Waals surface area contributed by atoms with Crippen LogP contribution in [0.1, 0.15) is 12.5 Å². The van der Waals surface area contributed by atoms with Crippen molar-refractivity contribution in [2.75, 3.05) is 13.7 Å². The minimum Gasteiger partial charge on any atom is -0.497 e. The minimum atomic E-state index is -0.458. The molecule has 3 aromatic rings. The summed E-state index contributed by atoms with van der Waals surface area (Å²) in [6.45, 7) is 1.99. The molecule has 25 heavy (non-hydrogen) atoms. The predicted octanol–water partition coefficient (Wildman–Crippen LogP) is 3.57. The van der Waals surface area contributed by atoms with Crippen LogP contribution < -0.4 is 10.2 Å². The van der Waals surface area contributed by atoms with E-state index in [0.717, 1.165) is 0 Å². The van der Waals surface area contributed by atoms with Gasteiger partial charge in [-0.05, 0) is 43.3 Å². The van der Waals surface area contributed by atoms with Crippen LogP contribution in [0.3, 0.4) is 0 Å². The molecule has 0 aliphatic rings. The summed E-state index contributed by atoms with van der Waals surface area (Å²) in [6, 6.07) is 14.1. The molecule has 0 aliphatic heterocycles. The number of methoxy groups -OCH3 is 1. The van der Waals surface area contributed by atoms with Gasteiger partial charge < -0.3 is 13.9 Å². The molecule has 0 radical (unpaired) electrons. The van der Waals surface area contributed by atoms with Gasteiger partial charge in [-0.15, -0.1) is 0 Å². The van der Waals surface area contributed by atoms with Crippen LogP contribution in [0, 0.1) is 0 Å². The zero-order valence-corrected chi connectivity index (χ0v) is 14.1. The van der Waals surface area contributed by atoms with Gasteiger partial charge in [-0.3, -0.25) is 9.59 Å². The van der Waals surface area contributed by atoms with Crippen molar-refractivity contribution in [1.29, 1.82) is 0 Å². The highest BCUT2D eigenvalue weighted by molar-refractivity contribution is 5.83. The van der Waals surface area contributed by atoms with E-state index in [1.807, 2.05) is 0 Å². The Morgan fingerprint density at radius 2 is 1.80 bits per heavy atom. The molecule has 1 aromatic heterocycles. The third-order valence-electron chi connectivity index (χ3n) is 3.87. The van der Waals surface area contributed by atoms with E-state index < -0.39 is 5.97 Å². The molecule has 5 nitrogen and oxygen atoms in total. The summed E-state index contributed by atoms with van der Waals surface area (Å²) in [5.41, 5.74) is 1.25. The first-order chi connectivity index (χ1) is 12.1. The van der Waals surface area contributed by atoms with Crippen molar-refractivity contribution in [3.63, 3.8) is 0 Å². The highest BCUT2D eigenvalue weighted by atomic mass is 16.5. The number of hydrogen-bond donors (Lipinski definition) is 0. The molecule has 5 heteroatoms. The van der Waals surface area contributed by atoms with Gasteiger partial charge >= 0.3 is 5.97 Å².